The summed E-state index contributed by atoms with van der Waals surface area (Å²) in [6, 6.07) is -0.579. The van der Waals surface area contributed by atoms with E-state index in [9.17, 15) is 19.8 Å². The van der Waals surface area contributed by atoms with Crippen molar-refractivity contribution in [2.75, 3.05) is 13.2 Å². The van der Waals surface area contributed by atoms with Crippen LogP contribution in [-0.2, 0) is 14.3 Å². The number of aliphatic hydroxyl groups is 2. The topological polar surface area (TPSA) is 95.9 Å². The van der Waals surface area contributed by atoms with E-state index in [1.807, 2.05) is 0 Å². The maximum Gasteiger partial charge on any atom is 0.305 e. The number of carbonyl (C=O) groups is 2. The molecule has 0 aliphatic carbocycles. The molecule has 2 unspecified atom stereocenters. The first-order chi connectivity index (χ1) is 28.0. The van der Waals surface area contributed by atoms with Gasteiger partial charge in [0.15, 0.2) is 0 Å². The van der Waals surface area contributed by atoms with Gasteiger partial charge in [-0.15, -0.1) is 0 Å². The van der Waals surface area contributed by atoms with E-state index in [4.69, 9.17) is 4.74 Å². The zero-order valence-electron chi connectivity index (χ0n) is 38.1. The normalized spacial score (nSPS) is 12.8. The van der Waals surface area contributed by atoms with Gasteiger partial charge < -0.3 is 20.3 Å². The van der Waals surface area contributed by atoms with E-state index < -0.39 is 12.1 Å². The minimum atomic E-state index is -0.695. The lowest BCUT2D eigenvalue weighted by Gasteiger charge is -2.22. The molecule has 0 bridgehead atoms. The molecule has 6 heteroatoms. The number of allylic oxidation sites excluding steroid dienone is 4. The third kappa shape index (κ3) is 43.7. The molecule has 2 atom stereocenters. The fraction of sp³-hybridized carbons (Fsp3) is 0.882. The molecular weight excluding hydrogens is 707 g/mol. The Morgan fingerprint density at radius 3 is 1.28 bits per heavy atom. The van der Waals surface area contributed by atoms with Crippen LogP contribution in [0.25, 0.3) is 0 Å². The van der Waals surface area contributed by atoms with Crippen molar-refractivity contribution in [2.45, 2.75) is 276 Å². The van der Waals surface area contributed by atoms with Crippen LogP contribution in [0.1, 0.15) is 264 Å². The zero-order chi connectivity index (χ0) is 41.5. The van der Waals surface area contributed by atoms with E-state index in [0.29, 0.717) is 25.9 Å². The first-order valence-corrected chi connectivity index (χ1v) is 25.1. The Labute approximate surface area is 354 Å². The van der Waals surface area contributed by atoms with Crippen LogP contribution in [-0.4, -0.2) is 47.4 Å². The summed E-state index contributed by atoms with van der Waals surface area (Å²) in [5, 5.41) is 23.2. The number of amides is 1. The molecule has 57 heavy (non-hydrogen) atoms. The minimum Gasteiger partial charge on any atom is -0.466 e. The Morgan fingerprint density at radius 2 is 0.842 bits per heavy atom. The van der Waals surface area contributed by atoms with Gasteiger partial charge in [-0.2, -0.15) is 0 Å². The van der Waals surface area contributed by atoms with Gasteiger partial charge in [-0.1, -0.05) is 205 Å². The zero-order valence-corrected chi connectivity index (χ0v) is 38.1. The van der Waals surface area contributed by atoms with Crippen LogP contribution < -0.4 is 5.32 Å². The number of carbonyl (C=O) groups excluding carboxylic acids is 2. The molecule has 336 valence electrons. The summed E-state index contributed by atoms with van der Waals surface area (Å²) in [5.74, 6) is -0.139. The van der Waals surface area contributed by atoms with Crippen LogP contribution in [0.15, 0.2) is 24.3 Å². The highest BCUT2D eigenvalue weighted by Crippen LogP contribution is 2.16. The summed E-state index contributed by atoms with van der Waals surface area (Å²) in [6.45, 7) is 4.85. The molecule has 0 saturated carbocycles. The second kappa shape index (κ2) is 47.0. The molecule has 3 N–H and O–H groups in total. The average Bonchev–Trinajstić information content (AvgIpc) is 3.21. The summed E-state index contributed by atoms with van der Waals surface area (Å²) in [5.41, 5.74) is 0. The maximum absolute atomic E-state index is 12.4. The Kier molecular flexibility index (Phi) is 45.7. The predicted octanol–water partition coefficient (Wildman–Crippen LogP) is 14.7. The second-order valence-corrected chi connectivity index (χ2v) is 17.1. The van der Waals surface area contributed by atoms with Gasteiger partial charge in [-0.25, -0.2) is 0 Å². The largest absolute Gasteiger partial charge is 0.466 e. The number of aliphatic hydroxyl groups excluding tert-OH is 2. The number of ether oxygens (including phenoxy) is 1. The van der Waals surface area contributed by atoms with E-state index >= 15 is 0 Å². The summed E-state index contributed by atoms with van der Waals surface area (Å²) in [4.78, 5) is 24.4. The van der Waals surface area contributed by atoms with E-state index in [1.165, 1.54) is 161 Å². The molecule has 0 aliphatic rings. The van der Waals surface area contributed by atoms with E-state index in [0.717, 1.165) is 70.6 Å². The molecule has 0 aromatic carbocycles. The van der Waals surface area contributed by atoms with Crippen LogP contribution in [0, 0.1) is 0 Å². The molecule has 0 heterocycles. The third-order valence-electron chi connectivity index (χ3n) is 11.5. The first kappa shape index (κ1) is 55.3. The summed E-state index contributed by atoms with van der Waals surface area (Å²) in [6.07, 6.45) is 54.3. The molecule has 0 fully saturated rings. The van der Waals surface area contributed by atoms with Crippen molar-refractivity contribution in [1.29, 1.82) is 0 Å². The lowest BCUT2D eigenvalue weighted by molar-refractivity contribution is -0.143. The monoisotopic (exact) mass is 804 g/mol. The van der Waals surface area contributed by atoms with Crippen molar-refractivity contribution in [3.63, 3.8) is 0 Å². The van der Waals surface area contributed by atoms with Gasteiger partial charge in [0.05, 0.1) is 25.4 Å². The quantitative estimate of drug-likeness (QED) is 0.0324. The Morgan fingerprint density at radius 1 is 0.474 bits per heavy atom. The summed E-state index contributed by atoms with van der Waals surface area (Å²) >= 11 is 0. The molecule has 0 radical (unpaired) electrons. The number of esters is 1. The molecular formula is C51H97NO5. The standard InChI is InChI=1S/C51H97NO5/c1-3-5-7-9-11-13-15-17-19-21-22-24-27-31-35-39-43-49(54)48(47-53)52-50(55)44-40-36-32-28-26-30-34-38-42-46-57-51(56)45-41-37-33-29-25-23-20-18-16-14-12-10-8-6-4-2/h18,20,28,32,48-49,53-54H,3-17,19,21-27,29-31,33-47H2,1-2H3,(H,52,55)/b20-18-,32-28-. The van der Waals surface area contributed by atoms with Gasteiger partial charge in [0, 0.05) is 12.8 Å². The van der Waals surface area contributed by atoms with Crippen molar-refractivity contribution < 1.29 is 24.5 Å². The highest BCUT2D eigenvalue weighted by molar-refractivity contribution is 5.76. The maximum atomic E-state index is 12.4. The Bertz CT molecular complexity index is 889. The van der Waals surface area contributed by atoms with E-state index in [2.05, 4.69) is 43.5 Å². The number of nitrogens with one attached hydrogen (secondary N) is 1. The molecule has 1 amide bonds. The van der Waals surface area contributed by atoms with Gasteiger partial charge in [0.1, 0.15) is 0 Å². The number of rotatable bonds is 46. The molecule has 6 nitrogen and oxygen atoms in total. The molecule has 0 rings (SSSR count). The van der Waals surface area contributed by atoms with Gasteiger partial charge in [0.2, 0.25) is 5.91 Å². The van der Waals surface area contributed by atoms with Gasteiger partial charge in [-0.05, 0) is 70.6 Å². The molecule has 0 aromatic heterocycles. The van der Waals surface area contributed by atoms with Crippen LogP contribution in [0.2, 0.25) is 0 Å². The van der Waals surface area contributed by atoms with Crippen molar-refractivity contribution >= 4 is 11.9 Å². The van der Waals surface area contributed by atoms with Crippen molar-refractivity contribution in [1.82, 2.24) is 5.32 Å². The Hall–Kier alpha value is -1.66. The number of hydrogen-bond acceptors (Lipinski definition) is 5. The van der Waals surface area contributed by atoms with Crippen molar-refractivity contribution in [3.05, 3.63) is 24.3 Å². The molecule has 0 aliphatic heterocycles. The van der Waals surface area contributed by atoms with Crippen LogP contribution in [0.4, 0.5) is 0 Å². The molecule has 0 spiro atoms. The fourth-order valence-electron chi connectivity index (χ4n) is 7.58. The number of hydrogen-bond donors (Lipinski definition) is 3. The SMILES string of the molecule is CCCCCCCC/C=C\CCCCCCCC(=O)OCCCCCC/C=C\CCCC(=O)NC(CO)C(O)CCCCCCCCCCCCCCCCCC. The van der Waals surface area contributed by atoms with E-state index in [1.54, 1.807) is 0 Å². The van der Waals surface area contributed by atoms with Crippen LogP contribution in [0.3, 0.4) is 0 Å². The highest BCUT2D eigenvalue weighted by Gasteiger charge is 2.20. The Balaban J connectivity index is 3.55. The van der Waals surface area contributed by atoms with Crippen molar-refractivity contribution in [2.24, 2.45) is 0 Å². The smallest absolute Gasteiger partial charge is 0.305 e. The van der Waals surface area contributed by atoms with Crippen molar-refractivity contribution in [3.8, 4) is 0 Å². The predicted molar refractivity (Wildman–Crippen MR) is 246 cm³/mol. The molecule has 0 aromatic rings. The van der Waals surface area contributed by atoms with E-state index in [-0.39, 0.29) is 18.5 Å². The third-order valence-corrected chi connectivity index (χ3v) is 11.5. The fourth-order valence-corrected chi connectivity index (χ4v) is 7.58. The van der Waals surface area contributed by atoms with Crippen LogP contribution in [0.5, 0.6) is 0 Å². The summed E-state index contributed by atoms with van der Waals surface area (Å²) < 4.78 is 5.43. The van der Waals surface area contributed by atoms with Gasteiger partial charge in [0.25, 0.3) is 0 Å². The lowest BCUT2D eigenvalue weighted by Crippen LogP contribution is -2.45. The number of unbranched alkanes of at least 4 members (excludes halogenated alkanes) is 31. The lowest BCUT2D eigenvalue weighted by atomic mass is 10.0. The molecule has 0 saturated heterocycles. The minimum absolute atomic E-state index is 0.0436. The highest BCUT2D eigenvalue weighted by atomic mass is 16.5. The van der Waals surface area contributed by atoms with Crippen LogP contribution >= 0.6 is 0 Å². The van der Waals surface area contributed by atoms with Gasteiger partial charge in [-0.3, -0.25) is 9.59 Å². The first-order valence-electron chi connectivity index (χ1n) is 25.1. The van der Waals surface area contributed by atoms with Gasteiger partial charge >= 0.3 is 5.97 Å². The second-order valence-electron chi connectivity index (χ2n) is 17.1. The summed E-state index contributed by atoms with van der Waals surface area (Å²) in [7, 11) is 0. The average molecular weight is 804 g/mol.